The Kier molecular flexibility index (Phi) is 11.6. The Hall–Kier alpha value is -2.57. The number of carbonyl (C=O) groups excluding carboxylic acids is 3. The standard InChI is InChI=1S/C32H49N3O8/c1-20(8-11-27-21(2)16-26(23(4)42-27)34-29(37)13-10-22(3)41-24(5)36)9-12-28-31(39)32(19-40-32)18-25(43-28)17-30(38)35-15-7-6-14-33-35/h8-10,12-13,21-23,25-28,31,33,39H,6-7,11,14-19H2,1-5H3,(H,34,37). The van der Waals surface area contributed by atoms with Gasteiger partial charge < -0.3 is 29.4 Å². The van der Waals surface area contributed by atoms with Gasteiger partial charge in [0.25, 0.3) is 0 Å². The van der Waals surface area contributed by atoms with E-state index in [1.165, 1.54) is 13.0 Å². The molecule has 1 spiro atoms. The molecule has 0 aliphatic carbocycles. The summed E-state index contributed by atoms with van der Waals surface area (Å²) < 4.78 is 23.2. The van der Waals surface area contributed by atoms with Gasteiger partial charge in [-0.3, -0.25) is 19.4 Å². The molecule has 9 atom stereocenters. The van der Waals surface area contributed by atoms with Gasteiger partial charge in [-0.2, -0.15) is 0 Å². The normalized spacial score (nSPS) is 35.7. The molecular weight excluding hydrogens is 554 g/mol. The van der Waals surface area contributed by atoms with Gasteiger partial charge in [-0.25, -0.2) is 5.43 Å². The van der Waals surface area contributed by atoms with Gasteiger partial charge in [-0.05, 0) is 58.4 Å². The minimum atomic E-state index is -0.787. The van der Waals surface area contributed by atoms with Crippen molar-refractivity contribution in [2.45, 2.75) is 121 Å². The van der Waals surface area contributed by atoms with Crippen molar-refractivity contribution in [1.29, 1.82) is 0 Å². The number of epoxide rings is 1. The second-order valence-electron chi connectivity index (χ2n) is 12.5. The predicted molar refractivity (Wildman–Crippen MR) is 159 cm³/mol. The maximum Gasteiger partial charge on any atom is 0.303 e. The largest absolute Gasteiger partial charge is 0.459 e. The van der Waals surface area contributed by atoms with E-state index < -0.39 is 29.9 Å². The first-order valence-electron chi connectivity index (χ1n) is 15.6. The minimum Gasteiger partial charge on any atom is -0.459 e. The Bertz CT molecular complexity index is 1080. The number of esters is 1. The highest BCUT2D eigenvalue weighted by Crippen LogP contribution is 2.43. The van der Waals surface area contributed by atoms with Crippen molar-refractivity contribution < 1.29 is 38.4 Å². The third-order valence-electron chi connectivity index (χ3n) is 8.74. The SMILES string of the molecule is CC(=O)OC(C)C=CC(=O)NC1CC(C)C(CC=C(C)C=CC2OC(CC(=O)N3CCCCN3)CC3(CO3)C2O)OC1C. The van der Waals surface area contributed by atoms with Crippen molar-refractivity contribution in [3.8, 4) is 0 Å². The number of rotatable bonds is 10. The third-order valence-corrected chi connectivity index (χ3v) is 8.74. The zero-order valence-electron chi connectivity index (χ0n) is 26.1. The average Bonchev–Trinajstić information content (AvgIpc) is 3.74. The molecule has 4 aliphatic rings. The highest BCUT2D eigenvalue weighted by molar-refractivity contribution is 5.87. The van der Waals surface area contributed by atoms with Gasteiger partial charge in [0.05, 0.1) is 37.4 Å². The van der Waals surface area contributed by atoms with E-state index in [0.717, 1.165) is 31.4 Å². The highest BCUT2D eigenvalue weighted by Gasteiger charge is 2.58. The molecular formula is C32H49N3O8. The molecule has 0 aromatic carbocycles. The summed E-state index contributed by atoms with van der Waals surface area (Å²) in [6.07, 6.45) is 10.9. The van der Waals surface area contributed by atoms with E-state index in [1.807, 2.05) is 26.0 Å². The molecule has 43 heavy (non-hydrogen) atoms. The molecule has 0 aromatic rings. The quantitative estimate of drug-likeness (QED) is 0.149. The first kappa shape index (κ1) is 33.3. The van der Waals surface area contributed by atoms with Crippen LogP contribution in [-0.2, 0) is 33.3 Å². The summed E-state index contributed by atoms with van der Waals surface area (Å²) in [4.78, 5) is 36.2. The number of carbonyl (C=O) groups is 3. The van der Waals surface area contributed by atoms with Crippen molar-refractivity contribution in [3.63, 3.8) is 0 Å². The Labute approximate surface area is 255 Å². The topological polar surface area (TPSA) is 139 Å². The highest BCUT2D eigenvalue weighted by atomic mass is 16.6. The molecule has 4 heterocycles. The van der Waals surface area contributed by atoms with Crippen LogP contribution in [0.4, 0.5) is 0 Å². The molecule has 11 heteroatoms. The van der Waals surface area contributed by atoms with Crippen LogP contribution in [0.3, 0.4) is 0 Å². The minimum absolute atomic E-state index is 0.00415. The molecule has 4 aliphatic heterocycles. The lowest BCUT2D eigenvalue weighted by molar-refractivity contribution is -0.154. The lowest BCUT2D eigenvalue weighted by atomic mass is 9.87. The fourth-order valence-electron chi connectivity index (χ4n) is 6.09. The first-order chi connectivity index (χ1) is 20.5. The van der Waals surface area contributed by atoms with Crippen LogP contribution in [0.15, 0.2) is 36.0 Å². The zero-order chi connectivity index (χ0) is 31.1. The van der Waals surface area contributed by atoms with E-state index in [9.17, 15) is 19.5 Å². The van der Waals surface area contributed by atoms with Crippen LogP contribution in [-0.4, -0.2) is 95.9 Å². The van der Waals surface area contributed by atoms with Crippen molar-refractivity contribution >= 4 is 17.8 Å². The molecule has 0 radical (unpaired) electrons. The van der Waals surface area contributed by atoms with Crippen molar-refractivity contribution in [2.75, 3.05) is 19.7 Å². The van der Waals surface area contributed by atoms with Gasteiger partial charge in [-0.1, -0.05) is 30.7 Å². The monoisotopic (exact) mass is 603 g/mol. The number of allylic oxidation sites excluding steroid dienone is 2. The van der Waals surface area contributed by atoms with Gasteiger partial charge >= 0.3 is 5.97 Å². The Morgan fingerprint density at radius 1 is 1.19 bits per heavy atom. The van der Waals surface area contributed by atoms with Crippen LogP contribution in [0.25, 0.3) is 0 Å². The number of hydrogen-bond donors (Lipinski definition) is 3. The van der Waals surface area contributed by atoms with Gasteiger partial charge in [0.2, 0.25) is 11.8 Å². The molecule has 2 amide bonds. The second kappa shape index (κ2) is 14.9. The van der Waals surface area contributed by atoms with Crippen molar-refractivity contribution in [1.82, 2.24) is 15.8 Å². The van der Waals surface area contributed by atoms with E-state index >= 15 is 0 Å². The summed E-state index contributed by atoms with van der Waals surface area (Å²) in [7, 11) is 0. The van der Waals surface area contributed by atoms with E-state index in [2.05, 4.69) is 23.7 Å². The van der Waals surface area contributed by atoms with Crippen LogP contribution in [0.5, 0.6) is 0 Å². The smallest absolute Gasteiger partial charge is 0.303 e. The zero-order valence-corrected chi connectivity index (χ0v) is 26.1. The predicted octanol–water partition coefficient (Wildman–Crippen LogP) is 2.49. The van der Waals surface area contributed by atoms with Gasteiger partial charge in [0, 0.05) is 32.5 Å². The van der Waals surface area contributed by atoms with Gasteiger partial charge in [-0.15, -0.1) is 0 Å². The number of aliphatic hydroxyl groups excluding tert-OH is 1. The molecule has 4 rings (SSSR count). The molecule has 11 nitrogen and oxygen atoms in total. The number of hydrazine groups is 1. The number of ether oxygens (including phenoxy) is 4. The van der Waals surface area contributed by atoms with Crippen LogP contribution in [0, 0.1) is 5.92 Å². The molecule has 9 unspecified atom stereocenters. The van der Waals surface area contributed by atoms with E-state index in [-0.39, 0.29) is 48.5 Å². The van der Waals surface area contributed by atoms with E-state index in [4.69, 9.17) is 18.9 Å². The fraction of sp³-hybridized carbons (Fsp3) is 0.719. The summed E-state index contributed by atoms with van der Waals surface area (Å²) in [5, 5.41) is 15.6. The molecule has 3 N–H and O–H groups in total. The summed E-state index contributed by atoms with van der Waals surface area (Å²) in [6.45, 7) is 11.1. The molecule has 240 valence electrons. The van der Waals surface area contributed by atoms with Crippen molar-refractivity contribution in [3.05, 3.63) is 36.0 Å². The third kappa shape index (κ3) is 9.46. The number of nitrogens with zero attached hydrogens (tertiary/aromatic N) is 1. The second-order valence-corrected chi connectivity index (χ2v) is 12.5. The Balaban J connectivity index is 1.26. The fourth-order valence-corrected chi connectivity index (χ4v) is 6.09. The van der Waals surface area contributed by atoms with Crippen LogP contribution < -0.4 is 10.7 Å². The summed E-state index contributed by atoms with van der Waals surface area (Å²) in [6, 6.07) is -0.121. The van der Waals surface area contributed by atoms with Gasteiger partial charge in [0.15, 0.2) is 0 Å². The molecule has 0 aromatic heterocycles. The molecule has 0 bridgehead atoms. The van der Waals surface area contributed by atoms with Gasteiger partial charge in [0.1, 0.15) is 23.9 Å². The number of nitrogens with one attached hydrogen (secondary N) is 2. The number of amides is 2. The van der Waals surface area contributed by atoms with Crippen LogP contribution >= 0.6 is 0 Å². The maximum atomic E-state index is 12.8. The Morgan fingerprint density at radius 2 is 1.95 bits per heavy atom. The molecule has 4 fully saturated rings. The number of hydrogen-bond acceptors (Lipinski definition) is 9. The summed E-state index contributed by atoms with van der Waals surface area (Å²) in [5.41, 5.74) is 3.54. The molecule has 0 saturated carbocycles. The lowest BCUT2D eigenvalue weighted by Gasteiger charge is -2.39. The van der Waals surface area contributed by atoms with Crippen molar-refractivity contribution in [2.24, 2.45) is 5.92 Å². The van der Waals surface area contributed by atoms with Crippen LogP contribution in [0.2, 0.25) is 0 Å². The summed E-state index contributed by atoms with van der Waals surface area (Å²) in [5.74, 6) is -0.401. The lowest BCUT2D eigenvalue weighted by Crippen LogP contribution is -2.52. The summed E-state index contributed by atoms with van der Waals surface area (Å²) >= 11 is 0. The van der Waals surface area contributed by atoms with E-state index in [1.54, 1.807) is 18.0 Å². The number of aliphatic hydroxyl groups is 1. The van der Waals surface area contributed by atoms with E-state index in [0.29, 0.717) is 26.0 Å². The Morgan fingerprint density at radius 3 is 2.63 bits per heavy atom. The first-order valence-corrected chi connectivity index (χ1v) is 15.6. The van der Waals surface area contributed by atoms with Crippen LogP contribution in [0.1, 0.15) is 73.1 Å². The average molecular weight is 604 g/mol. The molecule has 4 saturated heterocycles. The maximum absolute atomic E-state index is 12.8.